The lowest BCUT2D eigenvalue weighted by Gasteiger charge is -2.38. The number of thiophene rings is 1. The van der Waals surface area contributed by atoms with Crippen molar-refractivity contribution in [2.24, 2.45) is 0 Å². The average Bonchev–Trinajstić information content (AvgIpc) is 3.06. The van der Waals surface area contributed by atoms with Crippen molar-refractivity contribution in [2.75, 3.05) is 17.8 Å². The molecule has 0 spiro atoms. The second-order valence-corrected chi connectivity index (χ2v) is 8.11. The maximum Gasteiger partial charge on any atom is 0.259 e. The van der Waals surface area contributed by atoms with Crippen molar-refractivity contribution in [3.8, 4) is 0 Å². The van der Waals surface area contributed by atoms with E-state index >= 15 is 0 Å². The summed E-state index contributed by atoms with van der Waals surface area (Å²) >= 11 is -0.310. The zero-order valence-electron chi connectivity index (χ0n) is 14.8. The zero-order chi connectivity index (χ0) is 18.7. The Morgan fingerprint density at radius 1 is 1.31 bits per heavy atom. The Balaban J connectivity index is 1.53. The van der Waals surface area contributed by atoms with Crippen molar-refractivity contribution in [2.45, 2.75) is 32.4 Å². The van der Waals surface area contributed by atoms with Gasteiger partial charge in [0, 0.05) is 41.3 Å². The Bertz CT molecular complexity index is 791. The summed E-state index contributed by atoms with van der Waals surface area (Å²) in [7, 11) is 0. The normalized spacial score (nSPS) is 21.0. The number of benzene rings is 1. The van der Waals surface area contributed by atoms with Crippen molar-refractivity contribution in [3.05, 3.63) is 51.7 Å². The van der Waals surface area contributed by atoms with E-state index in [1.54, 1.807) is 35.6 Å². The number of hydrogen-bond acceptors (Lipinski definition) is 4. The predicted molar refractivity (Wildman–Crippen MR) is 106 cm³/mol. The quantitative estimate of drug-likeness (QED) is 0.659. The molecule has 1 aliphatic heterocycles. The van der Waals surface area contributed by atoms with Gasteiger partial charge in [0.1, 0.15) is 0 Å². The van der Waals surface area contributed by atoms with E-state index in [-0.39, 0.29) is 5.91 Å². The smallest absolute Gasteiger partial charge is 0.259 e. The van der Waals surface area contributed by atoms with Crippen LogP contribution in [-0.2, 0) is 17.7 Å². The fraction of sp³-hybridized carbons (Fsp3) is 0.389. The molecule has 3 N–H and O–H groups in total. The molecule has 1 aromatic carbocycles. The Hall–Kier alpha value is -1.74. The average molecular weight is 394 g/mol. The molecule has 3 atom stereocenters. The highest BCUT2D eigenvalue weighted by Gasteiger charge is 2.29. The summed E-state index contributed by atoms with van der Waals surface area (Å²) in [4.78, 5) is 16.1. The van der Waals surface area contributed by atoms with Crippen molar-refractivity contribution in [3.63, 3.8) is 0 Å². The molecule has 0 saturated heterocycles. The van der Waals surface area contributed by atoms with Crippen LogP contribution >= 0.6 is 11.3 Å². The minimum Gasteiger partial charge on any atom is -0.351 e. The number of fused-ring (bicyclic) bond motifs is 1. The molecule has 2 aromatic rings. The monoisotopic (exact) mass is 393 g/mol. The molecule has 140 valence electrons. The van der Waals surface area contributed by atoms with Gasteiger partial charge in [-0.15, -0.1) is 11.3 Å². The lowest BCUT2D eigenvalue weighted by molar-refractivity contribution is 0.0930. The molecule has 8 heteroatoms. The summed E-state index contributed by atoms with van der Waals surface area (Å²) in [5.41, 5.74) is 2.47. The minimum absolute atomic E-state index is 0.143. The van der Waals surface area contributed by atoms with Gasteiger partial charge in [-0.05, 0) is 61.5 Å². The molecule has 2 heterocycles. The number of carbonyl (C=O) groups excluding carboxylic acids is 1. The lowest BCUT2D eigenvalue weighted by atomic mass is 9.97. The standard InChI is InChI=1S/C18H23N3O3S2/c1-12-11-15-7-10-25-17(15)13(2)21(12)9-8-19-18(22)14-3-5-16(6-4-14)20-26(23)24/h3-7,10,12-13,20H,8-9,11H2,1-2H3,(H,19,22)(H,23,24). The molecular formula is C18H23N3O3S2. The summed E-state index contributed by atoms with van der Waals surface area (Å²) in [5, 5.41) is 5.12. The maximum absolute atomic E-state index is 12.3. The van der Waals surface area contributed by atoms with E-state index in [4.69, 9.17) is 4.55 Å². The third kappa shape index (κ3) is 4.32. The highest BCUT2D eigenvalue weighted by atomic mass is 32.2. The summed E-state index contributed by atoms with van der Waals surface area (Å²) in [5.74, 6) is -0.143. The number of rotatable bonds is 6. The zero-order valence-corrected chi connectivity index (χ0v) is 16.4. The Labute approximate surface area is 160 Å². The predicted octanol–water partition coefficient (Wildman–Crippen LogP) is 3.03. The number of hydrogen-bond donors (Lipinski definition) is 3. The fourth-order valence-electron chi connectivity index (χ4n) is 3.46. The van der Waals surface area contributed by atoms with E-state index in [9.17, 15) is 9.00 Å². The first-order chi connectivity index (χ1) is 12.5. The van der Waals surface area contributed by atoms with Crippen molar-refractivity contribution in [1.29, 1.82) is 0 Å². The SMILES string of the molecule is CC1Cc2ccsc2C(C)N1CCNC(=O)c1ccc(NS(=O)O)cc1. The maximum atomic E-state index is 12.3. The van der Waals surface area contributed by atoms with Crippen molar-refractivity contribution < 1.29 is 13.6 Å². The molecule has 0 fully saturated rings. The van der Waals surface area contributed by atoms with Gasteiger partial charge in [-0.25, -0.2) is 4.21 Å². The van der Waals surface area contributed by atoms with Crippen LogP contribution in [0.4, 0.5) is 5.69 Å². The van der Waals surface area contributed by atoms with Crippen LogP contribution in [0.2, 0.25) is 0 Å². The van der Waals surface area contributed by atoms with Crippen LogP contribution in [0.15, 0.2) is 35.7 Å². The van der Waals surface area contributed by atoms with E-state index in [1.165, 1.54) is 10.4 Å². The number of amides is 1. The molecule has 1 aliphatic rings. The van der Waals surface area contributed by atoms with Gasteiger partial charge in [-0.3, -0.25) is 19.0 Å². The third-order valence-electron chi connectivity index (χ3n) is 4.75. The molecule has 3 rings (SSSR count). The molecule has 0 bridgehead atoms. The van der Waals surface area contributed by atoms with E-state index in [0.29, 0.717) is 29.9 Å². The topological polar surface area (TPSA) is 81.7 Å². The molecule has 1 amide bonds. The van der Waals surface area contributed by atoms with Gasteiger partial charge < -0.3 is 5.32 Å². The second kappa shape index (κ2) is 8.30. The summed E-state index contributed by atoms with van der Waals surface area (Å²) in [6.45, 7) is 5.84. The van der Waals surface area contributed by atoms with E-state index in [1.807, 2.05) is 0 Å². The first-order valence-electron chi connectivity index (χ1n) is 8.53. The Kier molecular flexibility index (Phi) is 6.08. The van der Waals surface area contributed by atoms with Gasteiger partial charge >= 0.3 is 0 Å². The molecule has 26 heavy (non-hydrogen) atoms. The molecule has 6 nitrogen and oxygen atoms in total. The van der Waals surface area contributed by atoms with E-state index in [0.717, 1.165) is 13.0 Å². The van der Waals surface area contributed by atoms with Gasteiger partial charge in [-0.2, -0.15) is 0 Å². The molecule has 0 saturated carbocycles. The van der Waals surface area contributed by atoms with E-state index in [2.05, 4.69) is 40.2 Å². The van der Waals surface area contributed by atoms with Gasteiger partial charge in [0.15, 0.2) is 0 Å². The van der Waals surface area contributed by atoms with Crippen LogP contribution in [0.25, 0.3) is 0 Å². The van der Waals surface area contributed by atoms with Gasteiger partial charge in [0.25, 0.3) is 17.2 Å². The van der Waals surface area contributed by atoms with Crippen LogP contribution in [0, 0.1) is 0 Å². The number of anilines is 1. The first-order valence-corrected chi connectivity index (χ1v) is 10.5. The molecule has 3 unspecified atom stereocenters. The molecule has 0 aliphatic carbocycles. The minimum atomic E-state index is -2.12. The van der Waals surface area contributed by atoms with E-state index < -0.39 is 11.3 Å². The Morgan fingerprint density at radius 3 is 2.73 bits per heavy atom. The van der Waals surface area contributed by atoms with Crippen LogP contribution in [0.5, 0.6) is 0 Å². The van der Waals surface area contributed by atoms with Crippen LogP contribution in [0.3, 0.4) is 0 Å². The summed E-state index contributed by atoms with van der Waals surface area (Å²) in [6.07, 6.45) is 1.05. The molecular weight excluding hydrogens is 370 g/mol. The van der Waals surface area contributed by atoms with Crippen molar-refractivity contribution >= 4 is 34.2 Å². The lowest BCUT2D eigenvalue weighted by Crippen LogP contribution is -2.44. The number of nitrogens with zero attached hydrogens (tertiary/aromatic N) is 1. The first kappa shape index (κ1) is 19.0. The van der Waals surface area contributed by atoms with Crippen LogP contribution in [-0.4, -0.2) is 38.7 Å². The van der Waals surface area contributed by atoms with Crippen LogP contribution in [0.1, 0.15) is 40.7 Å². The van der Waals surface area contributed by atoms with Gasteiger partial charge in [-0.1, -0.05) is 0 Å². The molecule has 1 aromatic heterocycles. The van der Waals surface area contributed by atoms with Crippen LogP contribution < -0.4 is 10.0 Å². The second-order valence-electron chi connectivity index (χ2n) is 6.46. The number of carbonyl (C=O) groups is 1. The third-order valence-corrected chi connectivity index (χ3v) is 6.29. The Morgan fingerprint density at radius 2 is 2.04 bits per heavy atom. The summed E-state index contributed by atoms with van der Waals surface area (Å²) < 4.78 is 21.9. The molecule has 0 radical (unpaired) electrons. The van der Waals surface area contributed by atoms with Gasteiger partial charge in [0.2, 0.25) is 0 Å². The van der Waals surface area contributed by atoms with Gasteiger partial charge in [0.05, 0.1) is 0 Å². The largest absolute Gasteiger partial charge is 0.351 e. The number of nitrogens with one attached hydrogen (secondary N) is 2. The fourth-order valence-corrected chi connectivity index (χ4v) is 4.81. The highest BCUT2D eigenvalue weighted by molar-refractivity contribution is 7.80. The van der Waals surface area contributed by atoms with Crippen molar-refractivity contribution in [1.82, 2.24) is 10.2 Å². The summed E-state index contributed by atoms with van der Waals surface area (Å²) in [6, 6.07) is 9.52. The highest BCUT2D eigenvalue weighted by Crippen LogP contribution is 2.35.